The van der Waals surface area contributed by atoms with Gasteiger partial charge in [-0.05, 0) is 67.5 Å². The number of benzene rings is 1. The van der Waals surface area contributed by atoms with Crippen molar-refractivity contribution >= 4 is 23.2 Å². The van der Waals surface area contributed by atoms with Crippen LogP contribution in [0, 0.1) is 6.92 Å². The van der Waals surface area contributed by atoms with Crippen LogP contribution >= 0.6 is 11.3 Å². The van der Waals surface area contributed by atoms with E-state index in [-0.39, 0.29) is 36.2 Å². The molecule has 7 heteroatoms. The lowest BCUT2D eigenvalue weighted by Gasteiger charge is -2.37. The van der Waals surface area contributed by atoms with Gasteiger partial charge < -0.3 is 19.0 Å². The van der Waals surface area contributed by atoms with Crippen molar-refractivity contribution in [3.63, 3.8) is 0 Å². The van der Waals surface area contributed by atoms with E-state index in [4.69, 9.17) is 9.15 Å². The minimum absolute atomic E-state index is 0.0498. The number of fused-ring (bicyclic) bond motifs is 1. The minimum atomic E-state index is -0.216. The first kappa shape index (κ1) is 20.8. The molecule has 6 nitrogen and oxygen atoms in total. The van der Waals surface area contributed by atoms with Gasteiger partial charge in [0.05, 0.1) is 12.3 Å². The summed E-state index contributed by atoms with van der Waals surface area (Å²) < 4.78 is 11.4. The molecular weight excluding hydrogens is 424 g/mol. The summed E-state index contributed by atoms with van der Waals surface area (Å²) in [6.45, 7) is 3.11. The molecule has 1 saturated carbocycles. The van der Waals surface area contributed by atoms with Crippen LogP contribution in [0.2, 0.25) is 0 Å². The van der Waals surface area contributed by atoms with Gasteiger partial charge in [0, 0.05) is 17.5 Å². The van der Waals surface area contributed by atoms with Gasteiger partial charge in [-0.15, -0.1) is 11.3 Å². The number of hydrogen-bond donors (Lipinski definition) is 0. The molecule has 1 fully saturated rings. The summed E-state index contributed by atoms with van der Waals surface area (Å²) in [5.41, 5.74) is 2.32. The fourth-order valence-corrected chi connectivity index (χ4v) is 5.14. The van der Waals surface area contributed by atoms with Crippen molar-refractivity contribution in [1.29, 1.82) is 0 Å². The van der Waals surface area contributed by atoms with E-state index < -0.39 is 0 Å². The van der Waals surface area contributed by atoms with Crippen molar-refractivity contribution in [2.75, 3.05) is 19.7 Å². The summed E-state index contributed by atoms with van der Waals surface area (Å²) in [4.78, 5) is 31.2. The van der Waals surface area contributed by atoms with Crippen molar-refractivity contribution in [2.24, 2.45) is 0 Å². The number of rotatable bonds is 7. The number of nitrogens with zero attached hydrogens (tertiary/aromatic N) is 2. The number of amides is 2. The van der Waals surface area contributed by atoms with Crippen molar-refractivity contribution < 1.29 is 18.7 Å². The lowest BCUT2D eigenvalue weighted by atomic mass is 10.0. The van der Waals surface area contributed by atoms with Gasteiger partial charge in [0.1, 0.15) is 18.9 Å². The van der Waals surface area contributed by atoms with Crippen molar-refractivity contribution in [3.8, 4) is 5.75 Å². The lowest BCUT2D eigenvalue weighted by molar-refractivity contribution is -0.135. The second kappa shape index (κ2) is 8.82. The van der Waals surface area contributed by atoms with E-state index in [0.29, 0.717) is 13.2 Å². The number of ether oxygens (including phenoxy) is 1. The van der Waals surface area contributed by atoms with Crippen LogP contribution in [0.4, 0.5) is 0 Å². The third-order valence-corrected chi connectivity index (χ3v) is 7.13. The molecule has 1 aromatic carbocycles. The zero-order valence-electron chi connectivity index (χ0n) is 18.0. The first-order valence-electron chi connectivity index (χ1n) is 11.0. The lowest BCUT2D eigenvalue weighted by Crippen LogP contribution is -2.48. The molecule has 5 rings (SSSR count). The first-order chi connectivity index (χ1) is 15.6. The van der Waals surface area contributed by atoms with Gasteiger partial charge in [-0.2, -0.15) is 0 Å². The van der Waals surface area contributed by atoms with E-state index >= 15 is 0 Å². The Bertz CT molecular complexity index is 1090. The first-order valence-corrected chi connectivity index (χ1v) is 11.9. The number of carbonyl (C=O) groups excluding carboxylic acids is 2. The highest BCUT2D eigenvalue weighted by atomic mass is 32.1. The second-order valence-corrected chi connectivity index (χ2v) is 9.42. The van der Waals surface area contributed by atoms with Gasteiger partial charge in [-0.1, -0.05) is 17.7 Å². The average molecular weight is 451 g/mol. The van der Waals surface area contributed by atoms with E-state index in [0.717, 1.165) is 30.6 Å². The molecule has 1 aliphatic carbocycles. The predicted octanol–water partition coefficient (Wildman–Crippen LogP) is 4.46. The molecule has 0 bridgehead atoms. The molecule has 2 aromatic heterocycles. The van der Waals surface area contributed by atoms with Gasteiger partial charge in [-0.25, -0.2) is 0 Å². The Kier molecular flexibility index (Phi) is 5.74. The highest BCUT2D eigenvalue weighted by molar-refractivity contribution is 7.10. The molecule has 0 spiro atoms. The Hall–Kier alpha value is -3.06. The fourth-order valence-electron chi connectivity index (χ4n) is 4.22. The quantitative estimate of drug-likeness (QED) is 0.533. The highest BCUT2D eigenvalue weighted by Crippen LogP contribution is 2.35. The third-order valence-electron chi connectivity index (χ3n) is 6.13. The predicted molar refractivity (Wildman–Crippen MR) is 122 cm³/mol. The van der Waals surface area contributed by atoms with E-state index in [2.05, 4.69) is 11.4 Å². The topological polar surface area (TPSA) is 63.0 Å². The molecule has 3 heterocycles. The zero-order valence-corrected chi connectivity index (χ0v) is 18.8. The maximum atomic E-state index is 13.5. The maximum Gasteiger partial charge on any atom is 0.290 e. The van der Waals surface area contributed by atoms with Gasteiger partial charge in [0.2, 0.25) is 5.91 Å². The third kappa shape index (κ3) is 4.30. The molecule has 32 heavy (non-hydrogen) atoms. The number of carbonyl (C=O) groups is 2. The second-order valence-electron chi connectivity index (χ2n) is 8.42. The molecule has 0 N–H and O–H groups in total. The largest absolute Gasteiger partial charge is 0.491 e. The number of thiophene rings is 1. The van der Waals surface area contributed by atoms with Crippen LogP contribution in [-0.2, 0) is 11.2 Å². The Morgan fingerprint density at radius 2 is 2.00 bits per heavy atom. The maximum absolute atomic E-state index is 13.5. The molecular formula is C25H26N2O4S. The molecule has 0 radical (unpaired) electrons. The van der Waals surface area contributed by atoms with Gasteiger partial charge in [-0.3, -0.25) is 9.59 Å². The monoisotopic (exact) mass is 450 g/mol. The molecule has 2 aliphatic rings. The average Bonchev–Trinajstić information content (AvgIpc) is 3.28. The number of aryl methyl sites for hydroxylation is 1. The van der Waals surface area contributed by atoms with Gasteiger partial charge >= 0.3 is 0 Å². The zero-order chi connectivity index (χ0) is 22.1. The van der Waals surface area contributed by atoms with Crippen LogP contribution in [-0.4, -0.2) is 47.4 Å². The smallest absolute Gasteiger partial charge is 0.290 e. The summed E-state index contributed by atoms with van der Waals surface area (Å²) in [7, 11) is 0. The fraction of sp³-hybridized carbons (Fsp3) is 0.360. The van der Waals surface area contributed by atoms with Crippen molar-refractivity contribution in [1.82, 2.24) is 9.80 Å². The minimum Gasteiger partial charge on any atom is -0.491 e. The Morgan fingerprint density at radius 1 is 1.19 bits per heavy atom. The van der Waals surface area contributed by atoms with Gasteiger partial charge in [0.15, 0.2) is 5.76 Å². The number of hydrogen-bond acceptors (Lipinski definition) is 5. The van der Waals surface area contributed by atoms with Crippen LogP contribution in [0.1, 0.15) is 45.4 Å². The molecule has 1 atom stereocenters. The molecule has 0 saturated heterocycles. The van der Waals surface area contributed by atoms with Crippen LogP contribution in [0.3, 0.4) is 0 Å². The molecule has 2 amide bonds. The van der Waals surface area contributed by atoms with E-state index in [1.807, 2.05) is 36.1 Å². The summed E-state index contributed by atoms with van der Waals surface area (Å²) >= 11 is 1.73. The molecule has 3 aromatic rings. The standard InChI is InChI=1S/C25H26N2O4S/c1-17-4-8-19(9-5-17)31-16-21-20-11-14-32-23(20)10-12-26(21)24(28)15-27(18-6-7-18)25(29)22-3-2-13-30-22/h2-5,8-9,11,13-14,18,21H,6-7,10,12,15-16H2,1H3/t21-/m1/s1. The summed E-state index contributed by atoms with van der Waals surface area (Å²) in [6, 6.07) is 13.3. The highest BCUT2D eigenvalue weighted by Gasteiger charge is 2.38. The Balaban J connectivity index is 1.33. The van der Waals surface area contributed by atoms with Crippen LogP contribution < -0.4 is 4.74 Å². The number of furan rings is 1. The van der Waals surface area contributed by atoms with Crippen molar-refractivity contribution in [3.05, 3.63) is 75.9 Å². The summed E-state index contributed by atoms with van der Waals surface area (Å²) in [5, 5.41) is 2.08. The van der Waals surface area contributed by atoms with Crippen LogP contribution in [0.5, 0.6) is 5.75 Å². The van der Waals surface area contributed by atoms with Crippen LogP contribution in [0.15, 0.2) is 58.5 Å². The van der Waals surface area contributed by atoms with E-state index in [9.17, 15) is 9.59 Å². The summed E-state index contributed by atoms with van der Waals surface area (Å²) in [5.74, 6) is 0.804. The Labute approximate surface area is 191 Å². The van der Waals surface area contributed by atoms with Crippen molar-refractivity contribution in [2.45, 2.75) is 38.3 Å². The SMILES string of the molecule is Cc1ccc(OC[C@@H]2c3ccsc3CCN2C(=O)CN(C(=O)c2ccco2)C2CC2)cc1. The summed E-state index contributed by atoms with van der Waals surface area (Å²) in [6.07, 6.45) is 4.17. The van der Waals surface area contributed by atoms with Gasteiger partial charge in [0.25, 0.3) is 5.91 Å². The molecule has 0 unspecified atom stereocenters. The van der Waals surface area contributed by atoms with E-state index in [1.54, 1.807) is 28.4 Å². The van der Waals surface area contributed by atoms with Crippen LogP contribution in [0.25, 0.3) is 0 Å². The molecule has 1 aliphatic heterocycles. The Morgan fingerprint density at radius 3 is 2.72 bits per heavy atom. The normalized spacial score (nSPS) is 17.7. The van der Waals surface area contributed by atoms with E-state index in [1.165, 1.54) is 16.7 Å². The molecule has 166 valence electrons.